The van der Waals surface area contributed by atoms with Gasteiger partial charge >= 0.3 is 0 Å². The van der Waals surface area contributed by atoms with Crippen LogP contribution in [0.1, 0.15) is 0 Å². The molecule has 0 aliphatic carbocycles. The van der Waals surface area contributed by atoms with E-state index >= 15 is 0 Å². The average Bonchev–Trinajstić information content (AvgIpc) is 3.68. The summed E-state index contributed by atoms with van der Waals surface area (Å²) in [5.41, 5.74) is 10.9. The highest BCUT2D eigenvalue weighted by molar-refractivity contribution is 6.29. The van der Waals surface area contributed by atoms with Crippen LogP contribution in [0.5, 0.6) is 0 Å². The molecule has 4 heteroatoms. The van der Waals surface area contributed by atoms with Crippen LogP contribution in [0.2, 0.25) is 0 Å². The van der Waals surface area contributed by atoms with Crippen molar-refractivity contribution in [2.45, 2.75) is 0 Å². The summed E-state index contributed by atoms with van der Waals surface area (Å²) in [6.45, 7) is 0. The van der Waals surface area contributed by atoms with Crippen LogP contribution >= 0.6 is 0 Å². The maximum Gasteiger partial charge on any atom is 0.164 e. The van der Waals surface area contributed by atoms with Crippen molar-refractivity contribution in [3.8, 4) is 62.1 Å². The molecule has 12 rings (SSSR count). The van der Waals surface area contributed by atoms with Crippen LogP contribution in [0.4, 0.5) is 0 Å². The lowest BCUT2D eigenvalue weighted by atomic mass is 9.88. The van der Waals surface area contributed by atoms with Gasteiger partial charge in [0.25, 0.3) is 0 Å². The Hall–Kier alpha value is -8.21. The number of hydrogen-bond donors (Lipinski definition) is 0. The third kappa shape index (κ3) is 5.88. The summed E-state index contributed by atoms with van der Waals surface area (Å²) in [4.78, 5) is 15.6. The second-order valence-corrected chi connectivity index (χ2v) is 15.6. The van der Waals surface area contributed by atoms with Crippen LogP contribution in [0, 0.1) is 0 Å². The van der Waals surface area contributed by atoms with E-state index in [-0.39, 0.29) is 0 Å². The molecule has 61 heavy (non-hydrogen) atoms. The van der Waals surface area contributed by atoms with Crippen LogP contribution in [0.15, 0.2) is 218 Å². The molecular weight excluding hydrogens is 741 g/mol. The third-order valence-corrected chi connectivity index (χ3v) is 12.0. The lowest BCUT2D eigenvalue weighted by molar-refractivity contribution is 1.08. The van der Waals surface area contributed by atoms with E-state index in [4.69, 9.17) is 15.0 Å². The first-order valence-corrected chi connectivity index (χ1v) is 20.7. The van der Waals surface area contributed by atoms with Crippen molar-refractivity contribution in [3.05, 3.63) is 218 Å². The highest BCUT2D eigenvalue weighted by atomic mass is 15.0. The summed E-state index contributed by atoms with van der Waals surface area (Å²) in [5.74, 6) is 1.91. The smallest absolute Gasteiger partial charge is 0.164 e. The molecule has 0 fully saturated rings. The minimum Gasteiger partial charge on any atom is -0.309 e. The summed E-state index contributed by atoms with van der Waals surface area (Å²) in [6, 6.07) is 77.7. The largest absolute Gasteiger partial charge is 0.309 e. The van der Waals surface area contributed by atoms with E-state index in [1.54, 1.807) is 0 Å². The van der Waals surface area contributed by atoms with E-state index in [1.165, 1.54) is 38.0 Å². The van der Waals surface area contributed by atoms with Crippen LogP contribution in [-0.2, 0) is 0 Å². The molecule has 0 radical (unpaired) electrons. The maximum absolute atomic E-state index is 5.29. The monoisotopic (exact) mass is 776 g/mol. The van der Waals surface area contributed by atoms with Crippen molar-refractivity contribution >= 4 is 54.1 Å². The maximum atomic E-state index is 5.29. The molecule has 284 valence electrons. The van der Waals surface area contributed by atoms with Crippen molar-refractivity contribution in [1.29, 1.82) is 0 Å². The zero-order valence-electron chi connectivity index (χ0n) is 33.1. The van der Waals surface area contributed by atoms with E-state index in [2.05, 4.69) is 187 Å². The Morgan fingerprint density at radius 3 is 1.41 bits per heavy atom. The Kier molecular flexibility index (Phi) is 8.13. The Morgan fingerprint density at radius 1 is 0.262 bits per heavy atom. The topological polar surface area (TPSA) is 43.6 Å². The van der Waals surface area contributed by atoms with E-state index in [0.717, 1.165) is 60.8 Å². The Labute approximate surface area is 352 Å². The molecule has 2 aromatic heterocycles. The molecule has 0 N–H and O–H groups in total. The molecule has 0 atom stereocenters. The molecule has 0 saturated carbocycles. The second kappa shape index (κ2) is 14.3. The number of aromatic nitrogens is 4. The molecule has 0 aliphatic heterocycles. The van der Waals surface area contributed by atoms with Gasteiger partial charge in [0.1, 0.15) is 0 Å². The van der Waals surface area contributed by atoms with Gasteiger partial charge < -0.3 is 4.57 Å². The second-order valence-electron chi connectivity index (χ2n) is 15.6. The fourth-order valence-corrected chi connectivity index (χ4v) is 9.19. The molecule has 0 bridgehead atoms. The lowest BCUT2D eigenvalue weighted by Gasteiger charge is -2.17. The zero-order chi connectivity index (χ0) is 40.3. The Balaban J connectivity index is 1.11. The molecule has 0 unspecified atom stereocenters. The third-order valence-electron chi connectivity index (χ3n) is 12.0. The summed E-state index contributed by atoms with van der Waals surface area (Å²) in [7, 11) is 0. The molecule has 0 saturated heterocycles. The molecular formula is C57H36N4. The summed E-state index contributed by atoms with van der Waals surface area (Å²) in [5, 5.41) is 9.53. The zero-order valence-corrected chi connectivity index (χ0v) is 33.1. The van der Waals surface area contributed by atoms with Crippen molar-refractivity contribution in [2.75, 3.05) is 0 Å². The van der Waals surface area contributed by atoms with Crippen LogP contribution in [-0.4, -0.2) is 19.5 Å². The predicted molar refractivity (Wildman–Crippen MR) is 254 cm³/mol. The molecule has 0 aliphatic rings. The standard InChI is InChI=1S/C57H36N4/c1-4-17-37(18-5-1)55-58-56(38-19-6-2-7-20-38)60-57(59-55)51-35-42(34-50-46-27-11-10-25-44(46)45-26-12-13-29-49(45)54(50)51)40-22-16-21-39(33-40)41-31-32-48-47-28-14-15-30-52(47)61(53(48)36-41)43-23-8-3-9-24-43/h1-36H. The van der Waals surface area contributed by atoms with Gasteiger partial charge in [0, 0.05) is 38.5 Å². The summed E-state index contributed by atoms with van der Waals surface area (Å²) >= 11 is 0. The normalized spacial score (nSPS) is 11.6. The highest BCUT2D eigenvalue weighted by Crippen LogP contribution is 2.43. The van der Waals surface area contributed by atoms with Crippen LogP contribution < -0.4 is 0 Å². The van der Waals surface area contributed by atoms with E-state index < -0.39 is 0 Å². The Morgan fingerprint density at radius 2 is 0.738 bits per heavy atom. The van der Waals surface area contributed by atoms with Gasteiger partial charge in [0.2, 0.25) is 0 Å². The number of hydrogen-bond acceptors (Lipinski definition) is 3. The molecule has 2 heterocycles. The summed E-state index contributed by atoms with van der Waals surface area (Å²) in [6.07, 6.45) is 0. The first-order chi connectivity index (χ1) is 30.2. The van der Waals surface area contributed by atoms with E-state index in [1.807, 2.05) is 36.4 Å². The average molecular weight is 777 g/mol. The van der Waals surface area contributed by atoms with Gasteiger partial charge in [-0.1, -0.05) is 176 Å². The SMILES string of the molecule is c1ccc(-c2nc(-c3ccccc3)nc(-c3cc(-c4cccc(-c5ccc6c7ccccc7n(-c7ccccc7)c6c5)c4)cc4c5ccccc5c5ccccc5c34)n2)cc1. The Bertz CT molecular complexity index is 3570. The van der Waals surface area contributed by atoms with Gasteiger partial charge in [-0.05, 0) is 91.6 Å². The van der Waals surface area contributed by atoms with Crippen molar-refractivity contribution in [2.24, 2.45) is 0 Å². The lowest BCUT2D eigenvalue weighted by Crippen LogP contribution is -2.01. The van der Waals surface area contributed by atoms with Gasteiger partial charge in [0.05, 0.1) is 11.0 Å². The number of para-hydroxylation sites is 2. The minimum atomic E-state index is 0.635. The molecule has 0 amide bonds. The van der Waals surface area contributed by atoms with Gasteiger partial charge in [-0.2, -0.15) is 0 Å². The van der Waals surface area contributed by atoms with Gasteiger partial charge in [-0.3, -0.25) is 0 Å². The van der Waals surface area contributed by atoms with Crippen molar-refractivity contribution < 1.29 is 0 Å². The quantitative estimate of drug-likeness (QED) is 0.158. The first-order valence-electron chi connectivity index (χ1n) is 20.7. The van der Waals surface area contributed by atoms with Gasteiger partial charge in [-0.15, -0.1) is 0 Å². The number of benzene rings is 10. The fourth-order valence-electron chi connectivity index (χ4n) is 9.19. The highest BCUT2D eigenvalue weighted by Gasteiger charge is 2.20. The van der Waals surface area contributed by atoms with Crippen molar-refractivity contribution in [1.82, 2.24) is 19.5 Å². The van der Waals surface area contributed by atoms with Gasteiger partial charge in [0.15, 0.2) is 17.5 Å². The molecule has 4 nitrogen and oxygen atoms in total. The number of nitrogens with zero attached hydrogens (tertiary/aromatic N) is 4. The molecule has 0 spiro atoms. The van der Waals surface area contributed by atoms with Crippen molar-refractivity contribution in [3.63, 3.8) is 0 Å². The molecule has 10 aromatic carbocycles. The number of fused-ring (bicyclic) bond motifs is 9. The minimum absolute atomic E-state index is 0.635. The molecule has 12 aromatic rings. The fraction of sp³-hybridized carbons (Fsp3) is 0. The predicted octanol–water partition coefficient (Wildman–Crippen LogP) is 14.8. The number of rotatable bonds is 6. The van der Waals surface area contributed by atoms with Gasteiger partial charge in [-0.25, -0.2) is 15.0 Å². The van der Waals surface area contributed by atoms with Crippen LogP contribution in [0.25, 0.3) is 116 Å². The first kappa shape index (κ1) is 34.8. The van der Waals surface area contributed by atoms with Crippen LogP contribution in [0.3, 0.4) is 0 Å². The van der Waals surface area contributed by atoms with E-state index in [0.29, 0.717) is 17.5 Å². The van der Waals surface area contributed by atoms with E-state index in [9.17, 15) is 0 Å². The summed E-state index contributed by atoms with van der Waals surface area (Å²) < 4.78 is 2.38.